The Kier molecular flexibility index (Phi) is 3.65. The van der Waals surface area contributed by atoms with E-state index in [1.54, 1.807) is 13.0 Å². The van der Waals surface area contributed by atoms with Crippen molar-refractivity contribution in [2.24, 2.45) is 4.99 Å². The molecule has 1 aromatic carbocycles. The van der Waals surface area contributed by atoms with Gasteiger partial charge in [-0.2, -0.15) is 4.99 Å². The summed E-state index contributed by atoms with van der Waals surface area (Å²) in [5.74, 6) is 2.73. The van der Waals surface area contributed by atoms with Gasteiger partial charge in [-0.3, -0.25) is 4.79 Å². The third-order valence-corrected chi connectivity index (χ3v) is 4.17. The van der Waals surface area contributed by atoms with Crippen molar-refractivity contribution in [3.05, 3.63) is 46.1 Å². The van der Waals surface area contributed by atoms with Crippen LogP contribution in [0.15, 0.2) is 33.8 Å². The van der Waals surface area contributed by atoms with Crippen LogP contribution in [0.2, 0.25) is 0 Å². The number of thiazole rings is 1. The summed E-state index contributed by atoms with van der Waals surface area (Å²) in [4.78, 5) is 16.9. The predicted molar refractivity (Wildman–Crippen MR) is 84.5 cm³/mol. The molecule has 1 amide bonds. The fraction of sp³-hybridized carbons (Fsp3) is 0.188. The number of fused-ring (bicyclic) bond motifs is 1. The summed E-state index contributed by atoms with van der Waals surface area (Å²) >= 11 is 1.43. The number of aromatic nitrogens is 2. The van der Waals surface area contributed by atoms with Crippen molar-refractivity contribution in [3.63, 3.8) is 0 Å². The highest BCUT2D eigenvalue weighted by molar-refractivity contribution is 7.16. The fourth-order valence-electron chi connectivity index (χ4n) is 2.12. The summed E-state index contributed by atoms with van der Waals surface area (Å²) in [7, 11) is 0. The minimum atomic E-state index is -0.439. The van der Waals surface area contributed by atoms with Crippen LogP contribution in [0.25, 0.3) is 10.2 Å². The molecule has 0 spiro atoms. The molecule has 0 saturated carbocycles. The monoisotopic (exact) mass is 311 g/mol. The van der Waals surface area contributed by atoms with Crippen LogP contribution in [0.3, 0.4) is 0 Å². The van der Waals surface area contributed by atoms with E-state index in [2.05, 4.69) is 22.1 Å². The van der Waals surface area contributed by atoms with Crippen molar-refractivity contribution in [3.8, 4) is 12.3 Å². The quantitative estimate of drug-likeness (QED) is 0.684. The van der Waals surface area contributed by atoms with Crippen LogP contribution >= 0.6 is 11.3 Å². The molecule has 0 fully saturated rings. The maximum atomic E-state index is 12.2. The Bertz CT molecular complexity index is 969. The summed E-state index contributed by atoms with van der Waals surface area (Å²) in [5.41, 5.74) is 2.31. The Balaban J connectivity index is 2.17. The number of nitrogens with zero attached hydrogens (tertiary/aromatic N) is 3. The number of benzene rings is 1. The molecule has 0 aliphatic rings. The van der Waals surface area contributed by atoms with E-state index in [-0.39, 0.29) is 5.69 Å². The number of terminal acetylenes is 1. The molecule has 0 aliphatic carbocycles. The van der Waals surface area contributed by atoms with E-state index in [1.807, 2.05) is 23.6 Å². The van der Waals surface area contributed by atoms with Gasteiger partial charge in [-0.25, -0.2) is 0 Å². The number of carbonyl (C=O) groups is 1. The van der Waals surface area contributed by atoms with Gasteiger partial charge in [0, 0.05) is 6.07 Å². The summed E-state index contributed by atoms with van der Waals surface area (Å²) in [6.45, 7) is 4.10. The first kappa shape index (κ1) is 14.3. The molecule has 6 heteroatoms. The summed E-state index contributed by atoms with van der Waals surface area (Å²) in [6, 6.07) is 7.61. The molecule has 0 unspecified atom stereocenters. The standard InChI is InChI=1S/C16H13N3O2S/c1-4-7-19-13-6-5-10(2)8-14(13)22-16(19)17-15(20)12-9-11(3)21-18-12/h1,5-6,8-9H,7H2,2-3H3. The van der Waals surface area contributed by atoms with Crippen molar-refractivity contribution in [2.75, 3.05) is 0 Å². The van der Waals surface area contributed by atoms with E-state index < -0.39 is 5.91 Å². The topological polar surface area (TPSA) is 60.4 Å². The summed E-state index contributed by atoms with van der Waals surface area (Å²) in [5, 5.41) is 3.69. The van der Waals surface area contributed by atoms with Crippen LogP contribution in [0, 0.1) is 26.2 Å². The lowest BCUT2D eigenvalue weighted by molar-refractivity contribution is 0.0989. The molecule has 22 heavy (non-hydrogen) atoms. The Morgan fingerprint density at radius 2 is 2.27 bits per heavy atom. The highest BCUT2D eigenvalue weighted by atomic mass is 32.1. The molecule has 0 saturated heterocycles. The highest BCUT2D eigenvalue weighted by Crippen LogP contribution is 2.19. The van der Waals surface area contributed by atoms with Gasteiger partial charge in [-0.1, -0.05) is 28.5 Å². The van der Waals surface area contributed by atoms with Gasteiger partial charge in [-0.05, 0) is 31.5 Å². The summed E-state index contributed by atoms with van der Waals surface area (Å²) in [6.07, 6.45) is 5.43. The lowest BCUT2D eigenvalue weighted by atomic mass is 10.2. The van der Waals surface area contributed by atoms with Gasteiger partial charge in [0.1, 0.15) is 5.76 Å². The molecule has 0 radical (unpaired) electrons. The zero-order chi connectivity index (χ0) is 15.7. The molecule has 5 nitrogen and oxygen atoms in total. The minimum absolute atomic E-state index is 0.193. The van der Waals surface area contributed by atoms with Gasteiger partial charge in [-0.15, -0.1) is 6.42 Å². The summed E-state index contributed by atoms with van der Waals surface area (Å²) < 4.78 is 7.80. The molecule has 0 aliphatic heterocycles. The zero-order valence-corrected chi connectivity index (χ0v) is 13.0. The maximum Gasteiger partial charge on any atom is 0.301 e. The minimum Gasteiger partial charge on any atom is -0.361 e. The van der Waals surface area contributed by atoms with Gasteiger partial charge in [0.25, 0.3) is 0 Å². The maximum absolute atomic E-state index is 12.2. The number of rotatable bonds is 2. The highest BCUT2D eigenvalue weighted by Gasteiger charge is 2.12. The first-order chi connectivity index (χ1) is 10.6. The van der Waals surface area contributed by atoms with E-state index >= 15 is 0 Å². The lowest BCUT2D eigenvalue weighted by Gasteiger charge is -1.99. The van der Waals surface area contributed by atoms with Crippen molar-refractivity contribution >= 4 is 27.5 Å². The van der Waals surface area contributed by atoms with E-state index in [9.17, 15) is 4.79 Å². The van der Waals surface area contributed by atoms with E-state index in [1.165, 1.54) is 11.3 Å². The van der Waals surface area contributed by atoms with Crippen LogP contribution in [0.1, 0.15) is 21.8 Å². The zero-order valence-electron chi connectivity index (χ0n) is 12.2. The van der Waals surface area contributed by atoms with Gasteiger partial charge >= 0.3 is 5.91 Å². The Labute approximate surface area is 130 Å². The third kappa shape index (κ3) is 2.59. The van der Waals surface area contributed by atoms with E-state index in [0.717, 1.165) is 15.8 Å². The number of hydrogen-bond acceptors (Lipinski definition) is 4. The normalized spacial score (nSPS) is 11.8. The van der Waals surface area contributed by atoms with E-state index in [0.29, 0.717) is 17.1 Å². The number of amides is 1. The van der Waals surface area contributed by atoms with Crippen LogP contribution in [-0.2, 0) is 6.54 Å². The first-order valence-electron chi connectivity index (χ1n) is 6.64. The molecule has 0 bridgehead atoms. The molecule has 2 aromatic heterocycles. The Hall–Kier alpha value is -2.65. The lowest BCUT2D eigenvalue weighted by Crippen LogP contribution is -2.16. The molecule has 3 rings (SSSR count). The third-order valence-electron chi connectivity index (χ3n) is 3.13. The molecular weight excluding hydrogens is 298 g/mol. The molecule has 3 aromatic rings. The van der Waals surface area contributed by atoms with Crippen LogP contribution in [0.5, 0.6) is 0 Å². The van der Waals surface area contributed by atoms with Crippen molar-refractivity contribution in [1.82, 2.24) is 9.72 Å². The Morgan fingerprint density at radius 1 is 1.45 bits per heavy atom. The second kappa shape index (κ2) is 5.62. The average molecular weight is 311 g/mol. The second-order valence-electron chi connectivity index (χ2n) is 4.89. The van der Waals surface area contributed by atoms with Gasteiger partial charge in [0.15, 0.2) is 10.5 Å². The molecule has 0 atom stereocenters. The largest absolute Gasteiger partial charge is 0.361 e. The smallest absolute Gasteiger partial charge is 0.301 e. The van der Waals surface area contributed by atoms with Crippen LogP contribution in [-0.4, -0.2) is 15.6 Å². The van der Waals surface area contributed by atoms with Gasteiger partial charge in [0.2, 0.25) is 0 Å². The second-order valence-corrected chi connectivity index (χ2v) is 5.89. The van der Waals surface area contributed by atoms with Crippen molar-refractivity contribution < 1.29 is 9.32 Å². The average Bonchev–Trinajstić information content (AvgIpc) is 3.04. The van der Waals surface area contributed by atoms with Crippen molar-refractivity contribution in [2.45, 2.75) is 20.4 Å². The van der Waals surface area contributed by atoms with Gasteiger partial charge < -0.3 is 9.09 Å². The molecule has 110 valence electrons. The number of aryl methyl sites for hydroxylation is 2. The van der Waals surface area contributed by atoms with Crippen LogP contribution < -0.4 is 4.80 Å². The molecular formula is C16H13N3O2S. The molecule has 2 heterocycles. The fourth-order valence-corrected chi connectivity index (χ4v) is 3.25. The van der Waals surface area contributed by atoms with Crippen LogP contribution in [0.4, 0.5) is 0 Å². The number of hydrogen-bond donors (Lipinski definition) is 0. The van der Waals surface area contributed by atoms with Crippen molar-refractivity contribution in [1.29, 1.82) is 0 Å². The predicted octanol–water partition coefficient (Wildman–Crippen LogP) is 2.68. The Morgan fingerprint density at radius 3 is 2.95 bits per heavy atom. The first-order valence-corrected chi connectivity index (χ1v) is 7.46. The molecule has 0 N–H and O–H groups in total. The van der Waals surface area contributed by atoms with Gasteiger partial charge in [0.05, 0.1) is 16.8 Å². The van der Waals surface area contributed by atoms with E-state index in [4.69, 9.17) is 10.9 Å². The number of carbonyl (C=O) groups excluding carboxylic acids is 1. The SMILES string of the molecule is C#CCn1c(=NC(=O)c2cc(C)on2)sc2cc(C)ccc21.